The Morgan fingerprint density at radius 2 is 2.06 bits per heavy atom. The summed E-state index contributed by atoms with van der Waals surface area (Å²) in [6.07, 6.45) is 3.68. The summed E-state index contributed by atoms with van der Waals surface area (Å²) >= 11 is 0. The van der Waals surface area contributed by atoms with Crippen molar-refractivity contribution in [2.75, 3.05) is 13.2 Å². The van der Waals surface area contributed by atoms with Crippen LogP contribution in [0.5, 0.6) is 5.75 Å². The second-order valence-electron chi connectivity index (χ2n) is 4.97. The number of rotatable bonds is 4. The minimum Gasteiger partial charge on any atom is -0.494 e. The van der Waals surface area contributed by atoms with Crippen molar-refractivity contribution in [3.05, 3.63) is 29.8 Å². The van der Waals surface area contributed by atoms with Gasteiger partial charge in [0.1, 0.15) is 5.75 Å². The van der Waals surface area contributed by atoms with Gasteiger partial charge < -0.3 is 10.1 Å². The molecule has 1 aromatic rings. The van der Waals surface area contributed by atoms with Crippen LogP contribution in [-0.4, -0.2) is 13.2 Å². The molecule has 17 heavy (non-hydrogen) atoms. The quantitative estimate of drug-likeness (QED) is 0.859. The average Bonchev–Trinajstić information content (AvgIpc) is 2.38. The Morgan fingerprint density at radius 3 is 2.71 bits per heavy atom. The van der Waals surface area contributed by atoms with Gasteiger partial charge in [-0.05, 0) is 49.4 Å². The van der Waals surface area contributed by atoms with Crippen molar-refractivity contribution in [1.82, 2.24) is 5.32 Å². The van der Waals surface area contributed by atoms with E-state index in [1.165, 1.54) is 18.4 Å². The zero-order valence-electron chi connectivity index (χ0n) is 10.9. The first kappa shape index (κ1) is 12.4. The molecule has 94 valence electrons. The highest BCUT2D eigenvalue weighted by Crippen LogP contribution is 2.29. The molecule has 1 aromatic carbocycles. The molecule has 0 saturated carbocycles. The number of piperidine rings is 1. The van der Waals surface area contributed by atoms with Crippen LogP contribution < -0.4 is 10.1 Å². The molecular weight excluding hydrogens is 210 g/mol. The molecule has 1 saturated heterocycles. The highest BCUT2D eigenvalue weighted by atomic mass is 16.5. The maximum atomic E-state index is 5.60. The Bertz CT molecular complexity index is 333. The van der Waals surface area contributed by atoms with E-state index in [9.17, 15) is 0 Å². The summed E-state index contributed by atoms with van der Waals surface area (Å²) in [7, 11) is 0. The van der Waals surface area contributed by atoms with Gasteiger partial charge in [-0.25, -0.2) is 0 Å². The first-order valence-electron chi connectivity index (χ1n) is 6.77. The molecule has 1 fully saturated rings. The summed E-state index contributed by atoms with van der Waals surface area (Å²) in [5.74, 6) is 1.71. The van der Waals surface area contributed by atoms with E-state index in [1.54, 1.807) is 0 Å². The molecule has 0 aliphatic carbocycles. The van der Waals surface area contributed by atoms with Crippen LogP contribution >= 0.6 is 0 Å². The number of hydrogen-bond acceptors (Lipinski definition) is 2. The monoisotopic (exact) mass is 233 g/mol. The van der Waals surface area contributed by atoms with Gasteiger partial charge in [0, 0.05) is 6.04 Å². The summed E-state index contributed by atoms with van der Waals surface area (Å²) < 4.78 is 5.60. The van der Waals surface area contributed by atoms with E-state index in [1.807, 2.05) is 0 Å². The smallest absolute Gasteiger partial charge is 0.119 e. The van der Waals surface area contributed by atoms with Crippen LogP contribution in [0.15, 0.2) is 24.3 Å². The lowest BCUT2D eigenvalue weighted by molar-refractivity contribution is 0.303. The first-order chi connectivity index (χ1) is 8.31. The van der Waals surface area contributed by atoms with Gasteiger partial charge in [-0.15, -0.1) is 0 Å². The molecule has 2 atom stereocenters. The van der Waals surface area contributed by atoms with Crippen molar-refractivity contribution in [3.8, 4) is 5.75 Å². The van der Waals surface area contributed by atoms with Crippen LogP contribution in [0.4, 0.5) is 0 Å². The Morgan fingerprint density at radius 1 is 1.29 bits per heavy atom. The molecule has 1 heterocycles. The maximum absolute atomic E-state index is 5.60. The second kappa shape index (κ2) is 6.06. The van der Waals surface area contributed by atoms with E-state index in [-0.39, 0.29) is 0 Å². The fourth-order valence-electron chi connectivity index (χ4n) is 2.49. The first-order valence-corrected chi connectivity index (χ1v) is 6.77. The fourth-order valence-corrected chi connectivity index (χ4v) is 2.49. The van der Waals surface area contributed by atoms with Crippen molar-refractivity contribution < 1.29 is 4.74 Å². The second-order valence-corrected chi connectivity index (χ2v) is 4.97. The van der Waals surface area contributed by atoms with Crippen molar-refractivity contribution in [2.45, 2.75) is 39.2 Å². The minimum atomic E-state index is 0.518. The van der Waals surface area contributed by atoms with Crippen LogP contribution in [0.3, 0.4) is 0 Å². The van der Waals surface area contributed by atoms with Crippen molar-refractivity contribution in [3.63, 3.8) is 0 Å². The molecular formula is C15H23NO. The van der Waals surface area contributed by atoms with Gasteiger partial charge in [0.25, 0.3) is 0 Å². The van der Waals surface area contributed by atoms with E-state index >= 15 is 0 Å². The predicted octanol–water partition coefficient (Wildman–Crippen LogP) is 3.54. The summed E-state index contributed by atoms with van der Waals surface area (Å²) in [4.78, 5) is 0. The Hall–Kier alpha value is -1.02. The number of ether oxygens (including phenoxy) is 1. The topological polar surface area (TPSA) is 21.3 Å². The van der Waals surface area contributed by atoms with Crippen LogP contribution in [0.2, 0.25) is 0 Å². The van der Waals surface area contributed by atoms with E-state index in [0.717, 1.165) is 31.2 Å². The maximum Gasteiger partial charge on any atom is 0.119 e. The molecule has 0 bridgehead atoms. The predicted molar refractivity (Wildman–Crippen MR) is 71.4 cm³/mol. The Balaban J connectivity index is 2.01. The molecule has 0 amide bonds. The van der Waals surface area contributed by atoms with Crippen molar-refractivity contribution in [1.29, 1.82) is 0 Å². The lowest BCUT2D eigenvalue weighted by Gasteiger charge is -2.30. The Kier molecular flexibility index (Phi) is 4.43. The summed E-state index contributed by atoms with van der Waals surface area (Å²) in [5, 5.41) is 3.61. The molecule has 1 aliphatic heterocycles. The zero-order chi connectivity index (χ0) is 12.1. The number of nitrogens with one attached hydrogen (secondary N) is 1. The van der Waals surface area contributed by atoms with E-state index in [0.29, 0.717) is 6.04 Å². The summed E-state index contributed by atoms with van der Waals surface area (Å²) in [6, 6.07) is 9.10. The highest BCUT2D eigenvalue weighted by molar-refractivity contribution is 5.29. The van der Waals surface area contributed by atoms with Gasteiger partial charge in [-0.3, -0.25) is 0 Å². The normalized spacial score (nSPS) is 24.6. The van der Waals surface area contributed by atoms with E-state index < -0.39 is 0 Å². The molecule has 2 heteroatoms. The molecule has 1 aliphatic rings. The van der Waals surface area contributed by atoms with Gasteiger partial charge in [0.05, 0.1) is 6.61 Å². The van der Waals surface area contributed by atoms with Crippen LogP contribution in [-0.2, 0) is 0 Å². The molecule has 0 spiro atoms. The summed E-state index contributed by atoms with van der Waals surface area (Å²) in [6.45, 7) is 6.40. The third-order valence-corrected chi connectivity index (χ3v) is 3.48. The molecule has 0 aromatic heterocycles. The van der Waals surface area contributed by atoms with E-state index in [2.05, 4.69) is 43.4 Å². The molecule has 2 unspecified atom stereocenters. The number of benzene rings is 1. The largest absolute Gasteiger partial charge is 0.494 e. The average molecular weight is 233 g/mol. The minimum absolute atomic E-state index is 0.518. The molecule has 2 rings (SSSR count). The van der Waals surface area contributed by atoms with Crippen LogP contribution in [0.25, 0.3) is 0 Å². The zero-order valence-corrected chi connectivity index (χ0v) is 10.9. The van der Waals surface area contributed by atoms with Crippen molar-refractivity contribution >= 4 is 0 Å². The standard InChI is InChI=1S/C15H23NO/c1-3-11-17-14-8-6-13(7-9-14)15-12(2)5-4-10-16-15/h6-9,12,15-16H,3-5,10-11H2,1-2H3. The van der Waals surface area contributed by atoms with Gasteiger partial charge >= 0.3 is 0 Å². The highest BCUT2D eigenvalue weighted by Gasteiger charge is 2.21. The van der Waals surface area contributed by atoms with Gasteiger partial charge in [-0.1, -0.05) is 26.0 Å². The lowest BCUT2D eigenvalue weighted by Crippen LogP contribution is -2.32. The Labute approximate surface area is 104 Å². The molecule has 1 N–H and O–H groups in total. The molecule has 2 nitrogen and oxygen atoms in total. The summed E-state index contributed by atoms with van der Waals surface area (Å²) in [5.41, 5.74) is 1.39. The molecule has 0 radical (unpaired) electrons. The third kappa shape index (κ3) is 3.22. The van der Waals surface area contributed by atoms with Crippen LogP contribution in [0.1, 0.15) is 44.7 Å². The van der Waals surface area contributed by atoms with Gasteiger partial charge in [0.2, 0.25) is 0 Å². The van der Waals surface area contributed by atoms with Gasteiger partial charge in [0.15, 0.2) is 0 Å². The number of hydrogen-bond donors (Lipinski definition) is 1. The van der Waals surface area contributed by atoms with Crippen molar-refractivity contribution in [2.24, 2.45) is 5.92 Å². The SMILES string of the molecule is CCCOc1ccc(C2NCCCC2C)cc1. The van der Waals surface area contributed by atoms with Gasteiger partial charge in [-0.2, -0.15) is 0 Å². The van der Waals surface area contributed by atoms with E-state index in [4.69, 9.17) is 4.74 Å². The lowest BCUT2D eigenvalue weighted by atomic mass is 9.88. The van der Waals surface area contributed by atoms with Crippen LogP contribution in [0, 0.1) is 5.92 Å². The third-order valence-electron chi connectivity index (χ3n) is 3.48. The fraction of sp³-hybridized carbons (Fsp3) is 0.600.